The van der Waals surface area contributed by atoms with E-state index in [1.54, 1.807) is 0 Å². The fourth-order valence-electron chi connectivity index (χ4n) is 2.88. The lowest BCUT2D eigenvalue weighted by atomic mass is 9.79. The van der Waals surface area contributed by atoms with Crippen LogP contribution in [0.3, 0.4) is 0 Å². The van der Waals surface area contributed by atoms with Gasteiger partial charge in [-0.1, -0.05) is 50.7 Å². The number of thiocarbonyl (C=S) groups is 1. The second-order valence-corrected chi connectivity index (χ2v) is 6.29. The predicted molar refractivity (Wildman–Crippen MR) is 77.3 cm³/mol. The molecule has 0 heterocycles. The van der Waals surface area contributed by atoms with Gasteiger partial charge in [-0.3, -0.25) is 4.79 Å². The summed E-state index contributed by atoms with van der Waals surface area (Å²) in [6.07, 6.45) is 9.95. The van der Waals surface area contributed by atoms with Gasteiger partial charge in [-0.25, -0.2) is 0 Å². The van der Waals surface area contributed by atoms with Crippen LogP contribution in [-0.4, -0.2) is 17.4 Å². The molecule has 0 bridgehead atoms. The molecule has 102 valence electrons. The molecule has 0 aliphatic heterocycles. The zero-order valence-corrected chi connectivity index (χ0v) is 11.9. The monoisotopic (exact) mass is 268 g/mol. The van der Waals surface area contributed by atoms with Crippen molar-refractivity contribution in [1.82, 2.24) is 5.32 Å². The van der Waals surface area contributed by atoms with Crippen LogP contribution < -0.4 is 11.1 Å². The van der Waals surface area contributed by atoms with Gasteiger partial charge < -0.3 is 11.1 Å². The quantitative estimate of drug-likeness (QED) is 0.595. The first-order valence-electron chi connectivity index (χ1n) is 7.23. The van der Waals surface area contributed by atoms with Gasteiger partial charge in [-0.15, -0.1) is 0 Å². The molecule has 2 saturated carbocycles. The van der Waals surface area contributed by atoms with Gasteiger partial charge in [0.15, 0.2) is 0 Å². The van der Waals surface area contributed by atoms with Gasteiger partial charge in [-0.2, -0.15) is 0 Å². The van der Waals surface area contributed by atoms with Gasteiger partial charge in [0.1, 0.15) is 0 Å². The maximum absolute atomic E-state index is 12.4. The first-order chi connectivity index (χ1) is 8.65. The standard InChI is InChI=1S/C14H24N2OS/c15-12(18)14(8-3-1-2-4-9-14)13(17)16-10-7-11-5-6-11/h11H,1-10H2,(H2,15,18)(H,16,17). The van der Waals surface area contributed by atoms with Crippen LogP contribution in [0.2, 0.25) is 0 Å². The second-order valence-electron chi connectivity index (χ2n) is 5.85. The van der Waals surface area contributed by atoms with Crippen LogP contribution in [0.5, 0.6) is 0 Å². The summed E-state index contributed by atoms with van der Waals surface area (Å²) in [4.78, 5) is 12.8. The van der Waals surface area contributed by atoms with E-state index in [1.807, 2.05) is 0 Å². The molecule has 0 spiro atoms. The van der Waals surface area contributed by atoms with Gasteiger partial charge in [0, 0.05) is 6.54 Å². The minimum absolute atomic E-state index is 0.0811. The molecule has 1 amide bonds. The maximum atomic E-state index is 12.4. The van der Waals surface area contributed by atoms with Gasteiger partial charge >= 0.3 is 0 Å². The summed E-state index contributed by atoms with van der Waals surface area (Å²) in [5.41, 5.74) is 5.33. The molecule has 0 saturated heterocycles. The zero-order valence-electron chi connectivity index (χ0n) is 11.0. The Morgan fingerprint density at radius 2 is 1.83 bits per heavy atom. The van der Waals surface area contributed by atoms with Crippen LogP contribution in [0, 0.1) is 11.3 Å². The number of rotatable bonds is 5. The number of carbonyl (C=O) groups is 1. The van der Waals surface area contributed by atoms with E-state index in [0.717, 1.165) is 44.6 Å². The van der Waals surface area contributed by atoms with Crippen molar-refractivity contribution in [2.24, 2.45) is 17.1 Å². The van der Waals surface area contributed by atoms with Gasteiger partial charge in [0.25, 0.3) is 0 Å². The van der Waals surface area contributed by atoms with Crippen molar-refractivity contribution >= 4 is 23.1 Å². The summed E-state index contributed by atoms with van der Waals surface area (Å²) in [5, 5.41) is 3.07. The molecular formula is C14H24N2OS. The highest BCUT2D eigenvalue weighted by atomic mass is 32.1. The van der Waals surface area contributed by atoms with E-state index in [2.05, 4.69) is 5.32 Å². The lowest BCUT2D eigenvalue weighted by Crippen LogP contribution is -2.49. The first kappa shape index (κ1) is 13.8. The van der Waals surface area contributed by atoms with Gasteiger partial charge in [-0.05, 0) is 25.2 Å². The smallest absolute Gasteiger partial charge is 0.233 e. The lowest BCUT2D eigenvalue weighted by molar-refractivity contribution is -0.128. The van der Waals surface area contributed by atoms with Crippen molar-refractivity contribution in [2.75, 3.05) is 6.54 Å². The lowest BCUT2D eigenvalue weighted by Gasteiger charge is -2.30. The Morgan fingerprint density at radius 1 is 1.22 bits per heavy atom. The van der Waals surface area contributed by atoms with E-state index in [1.165, 1.54) is 25.7 Å². The molecule has 0 aromatic carbocycles. The fourth-order valence-corrected chi connectivity index (χ4v) is 3.18. The van der Waals surface area contributed by atoms with E-state index in [9.17, 15) is 4.79 Å². The normalized spacial score (nSPS) is 23.1. The summed E-state index contributed by atoms with van der Waals surface area (Å²) >= 11 is 5.20. The minimum Gasteiger partial charge on any atom is -0.392 e. The largest absolute Gasteiger partial charge is 0.392 e. The Labute approximate surface area is 115 Å². The topological polar surface area (TPSA) is 55.1 Å². The van der Waals surface area contributed by atoms with E-state index in [0.29, 0.717) is 4.99 Å². The molecule has 0 aromatic heterocycles. The SMILES string of the molecule is NC(=S)C1(C(=O)NCCC2CC2)CCCCCC1. The van der Waals surface area contributed by atoms with Crippen molar-refractivity contribution in [2.45, 2.75) is 57.8 Å². The van der Waals surface area contributed by atoms with Crippen molar-refractivity contribution < 1.29 is 4.79 Å². The Balaban J connectivity index is 1.93. The average molecular weight is 268 g/mol. The van der Waals surface area contributed by atoms with Crippen molar-refractivity contribution in [3.63, 3.8) is 0 Å². The Kier molecular flexibility index (Phi) is 4.60. The van der Waals surface area contributed by atoms with Crippen LogP contribution in [-0.2, 0) is 4.79 Å². The Morgan fingerprint density at radius 3 is 2.33 bits per heavy atom. The second kappa shape index (κ2) is 6.00. The number of carbonyl (C=O) groups excluding carboxylic acids is 1. The summed E-state index contributed by atoms with van der Waals surface area (Å²) < 4.78 is 0. The van der Waals surface area contributed by atoms with Gasteiger partial charge in [0.2, 0.25) is 5.91 Å². The van der Waals surface area contributed by atoms with Crippen LogP contribution in [0.15, 0.2) is 0 Å². The maximum Gasteiger partial charge on any atom is 0.233 e. The van der Waals surface area contributed by atoms with Crippen LogP contribution >= 0.6 is 12.2 Å². The molecule has 0 aromatic rings. The average Bonchev–Trinajstić information content (AvgIpc) is 3.15. The van der Waals surface area contributed by atoms with Crippen LogP contribution in [0.1, 0.15) is 57.8 Å². The summed E-state index contributed by atoms with van der Waals surface area (Å²) in [5.74, 6) is 0.928. The molecule has 0 radical (unpaired) electrons. The third-order valence-corrected chi connectivity index (χ3v) is 4.79. The third kappa shape index (κ3) is 3.22. The van der Waals surface area contributed by atoms with E-state index >= 15 is 0 Å². The number of nitrogens with one attached hydrogen (secondary N) is 1. The Bertz CT molecular complexity index is 318. The summed E-state index contributed by atoms with van der Waals surface area (Å²) in [7, 11) is 0. The van der Waals surface area contributed by atoms with Crippen molar-refractivity contribution in [3.05, 3.63) is 0 Å². The predicted octanol–water partition coefficient (Wildman–Crippen LogP) is 2.53. The molecule has 3 nitrogen and oxygen atoms in total. The van der Waals surface area contributed by atoms with Crippen molar-refractivity contribution in [3.8, 4) is 0 Å². The van der Waals surface area contributed by atoms with Gasteiger partial charge in [0.05, 0.1) is 10.4 Å². The molecule has 2 aliphatic carbocycles. The minimum atomic E-state index is -0.560. The molecule has 0 atom stereocenters. The van der Waals surface area contributed by atoms with E-state index in [4.69, 9.17) is 18.0 Å². The highest BCUT2D eigenvalue weighted by Gasteiger charge is 2.41. The number of amides is 1. The molecule has 2 fully saturated rings. The van der Waals surface area contributed by atoms with Crippen molar-refractivity contribution in [1.29, 1.82) is 0 Å². The molecule has 2 rings (SSSR count). The third-order valence-electron chi connectivity index (χ3n) is 4.40. The molecule has 18 heavy (non-hydrogen) atoms. The summed E-state index contributed by atoms with van der Waals surface area (Å²) in [6.45, 7) is 0.786. The molecule has 0 unspecified atom stereocenters. The zero-order chi connectivity index (χ0) is 13.0. The summed E-state index contributed by atoms with van der Waals surface area (Å²) in [6, 6.07) is 0. The molecular weight excluding hydrogens is 244 g/mol. The number of nitrogens with two attached hydrogens (primary N) is 1. The molecule has 2 aliphatic rings. The van der Waals surface area contributed by atoms with Crippen LogP contribution in [0.4, 0.5) is 0 Å². The number of hydrogen-bond donors (Lipinski definition) is 2. The molecule has 3 N–H and O–H groups in total. The van der Waals surface area contributed by atoms with Crippen LogP contribution in [0.25, 0.3) is 0 Å². The molecule has 4 heteroatoms. The first-order valence-corrected chi connectivity index (χ1v) is 7.64. The highest BCUT2D eigenvalue weighted by molar-refractivity contribution is 7.80. The Hall–Kier alpha value is -0.640. The number of hydrogen-bond acceptors (Lipinski definition) is 2. The highest BCUT2D eigenvalue weighted by Crippen LogP contribution is 2.36. The fraction of sp³-hybridized carbons (Fsp3) is 0.857. The van der Waals surface area contributed by atoms with E-state index < -0.39 is 5.41 Å². The van der Waals surface area contributed by atoms with E-state index in [-0.39, 0.29) is 5.91 Å².